The molecule has 1 saturated heterocycles. The molecule has 1 spiro atoms. The Morgan fingerprint density at radius 3 is 2.36 bits per heavy atom. The van der Waals surface area contributed by atoms with Crippen LogP contribution in [0.5, 0.6) is 11.5 Å². The zero-order valence-electron chi connectivity index (χ0n) is 32.7. The van der Waals surface area contributed by atoms with Crippen molar-refractivity contribution in [2.75, 3.05) is 54.1 Å². The molecule has 1 unspecified atom stereocenters. The van der Waals surface area contributed by atoms with Crippen LogP contribution >= 0.6 is 0 Å². The molecular weight excluding hydrogens is 663 g/mol. The molecule has 53 heavy (non-hydrogen) atoms. The third-order valence-corrected chi connectivity index (χ3v) is 12.7. The Morgan fingerprint density at radius 1 is 1.02 bits per heavy atom. The molecule has 2 aliphatic heterocycles. The molecule has 1 aromatic heterocycles. The smallest absolute Gasteiger partial charge is 0.253 e. The van der Waals surface area contributed by atoms with E-state index in [4.69, 9.17) is 14.2 Å². The maximum absolute atomic E-state index is 12.6. The number of hydrogen-bond acceptors (Lipinski definition) is 8. The predicted molar refractivity (Wildman–Crippen MR) is 209 cm³/mol. The van der Waals surface area contributed by atoms with Crippen molar-refractivity contribution in [1.29, 1.82) is 5.26 Å². The highest BCUT2D eigenvalue weighted by Gasteiger charge is 2.51. The average Bonchev–Trinajstić information content (AvgIpc) is 4.10. The highest BCUT2D eigenvalue weighted by Crippen LogP contribution is 2.49. The van der Waals surface area contributed by atoms with Crippen LogP contribution in [0.25, 0.3) is 11.1 Å². The van der Waals surface area contributed by atoms with Gasteiger partial charge in [0, 0.05) is 87.4 Å². The van der Waals surface area contributed by atoms with E-state index in [1.54, 1.807) is 32.9 Å². The summed E-state index contributed by atoms with van der Waals surface area (Å²) in [5.41, 5.74) is 10.7. The van der Waals surface area contributed by atoms with Gasteiger partial charge in [-0.2, -0.15) is 5.26 Å². The van der Waals surface area contributed by atoms with E-state index < -0.39 is 0 Å². The molecule has 4 aliphatic rings. The number of methoxy groups -OCH3 is 3. The molecule has 3 heterocycles. The number of hydrogen-bond donors (Lipinski definition) is 0. The molecule has 280 valence electrons. The van der Waals surface area contributed by atoms with E-state index in [-0.39, 0.29) is 22.6 Å². The molecule has 9 nitrogen and oxygen atoms in total. The molecule has 0 bridgehead atoms. The summed E-state index contributed by atoms with van der Waals surface area (Å²) in [6.45, 7) is 16.7. The van der Waals surface area contributed by atoms with Gasteiger partial charge in [-0.05, 0) is 92.8 Å². The first-order valence-corrected chi connectivity index (χ1v) is 19.0. The van der Waals surface area contributed by atoms with Crippen LogP contribution in [-0.2, 0) is 31.3 Å². The fourth-order valence-electron chi connectivity index (χ4n) is 8.97. The lowest BCUT2D eigenvalue weighted by molar-refractivity contribution is 0.0479. The van der Waals surface area contributed by atoms with E-state index >= 15 is 0 Å². The van der Waals surface area contributed by atoms with Gasteiger partial charge < -0.3 is 23.7 Å². The molecule has 2 saturated carbocycles. The number of aromatic nitrogens is 1. The fraction of sp³-hybridized carbons (Fsp3) is 0.500. The SMILES string of the molecule is C=C(/C(C#N)=C/C1(COC)CC1)N1CCc2c(CN3CCN(Cc4c(OC)cc(-c5cn(C)c(=O)c(C)c5C)cc4OC)CC34CC4)cccc2C1C. The highest BCUT2D eigenvalue weighted by molar-refractivity contribution is 5.72. The van der Waals surface area contributed by atoms with E-state index in [2.05, 4.69) is 70.7 Å². The van der Waals surface area contributed by atoms with E-state index in [0.29, 0.717) is 12.2 Å². The summed E-state index contributed by atoms with van der Waals surface area (Å²) in [5, 5.41) is 10.1. The van der Waals surface area contributed by atoms with Crippen LogP contribution in [0.4, 0.5) is 0 Å². The molecule has 2 aromatic carbocycles. The van der Waals surface area contributed by atoms with E-state index in [9.17, 15) is 10.1 Å². The number of pyridine rings is 1. The summed E-state index contributed by atoms with van der Waals surface area (Å²) >= 11 is 0. The van der Waals surface area contributed by atoms with Crippen LogP contribution in [0.15, 0.2) is 65.2 Å². The quantitative estimate of drug-likeness (QED) is 0.149. The van der Waals surface area contributed by atoms with Gasteiger partial charge in [-0.25, -0.2) is 0 Å². The van der Waals surface area contributed by atoms with Gasteiger partial charge in [0.1, 0.15) is 17.6 Å². The Bertz CT molecular complexity index is 2020. The Balaban J connectivity index is 1.06. The highest BCUT2D eigenvalue weighted by atomic mass is 16.5. The van der Waals surface area contributed by atoms with Crippen molar-refractivity contribution >= 4 is 0 Å². The monoisotopic (exact) mass is 717 g/mol. The number of piperazine rings is 1. The fourth-order valence-corrected chi connectivity index (χ4v) is 8.97. The van der Waals surface area contributed by atoms with Gasteiger partial charge >= 0.3 is 0 Å². The maximum atomic E-state index is 12.6. The number of nitrogens with zero attached hydrogens (tertiary/aromatic N) is 5. The van der Waals surface area contributed by atoms with Crippen molar-refractivity contribution in [2.45, 2.75) is 77.5 Å². The minimum absolute atomic E-state index is 0.0115. The number of benzene rings is 2. The van der Waals surface area contributed by atoms with Gasteiger partial charge in [-0.1, -0.05) is 30.9 Å². The van der Waals surface area contributed by atoms with Crippen LogP contribution in [0, 0.1) is 30.6 Å². The number of nitriles is 1. The molecule has 0 N–H and O–H groups in total. The van der Waals surface area contributed by atoms with Crippen LogP contribution in [0.2, 0.25) is 0 Å². The molecule has 3 fully saturated rings. The molecule has 3 aromatic rings. The number of rotatable bonds is 12. The standard InChI is InChI=1S/C44H55N5O4/c1-29-30(2)42(50)46(5)25-38(29)34-20-40(52-7)39(41(21-34)53-8)26-47-18-19-48(44(27-47)15-16-44)24-33-10-9-11-36-32(4)49(17-12-37(33)36)31(3)35(23-45)22-43(13-14-43)28-51-6/h9-11,20-22,25,32H,3,12-19,24,26-28H2,1-2,4-8H3/b35-22+. The summed E-state index contributed by atoms with van der Waals surface area (Å²) in [6, 6.07) is 13.6. The summed E-state index contributed by atoms with van der Waals surface area (Å²) in [4.78, 5) is 20.2. The first-order valence-electron chi connectivity index (χ1n) is 19.0. The van der Waals surface area contributed by atoms with Crippen molar-refractivity contribution < 1.29 is 14.2 Å². The van der Waals surface area contributed by atoms with Crippen LogP contribution < -0.4 is 15.0 Å². The minimum Gasteiger partial charge on any atom is -0.496 e. The third-order valence-electron chi connectivity index (χ3n) is 12.7. The second-order valence-electron chi connectivity index (χ2n) is 15.9. The first-order chi connectivity index (χ1) is 25.5. The summed E-state index contributed by atoms with van der Waals surface area (Å²) in [7, 11) is 6.98. The van der Waals surface area contributed by atoms with E-state index in [0.717, 1.165) is 104 Å². The van der Waals surface area contributed by atoms with Crippen LogP contribution in [0.3, 0.4) is 0 Å². The molecule has 1 atom stereocenters. The Morgan fingerprint density at radius 2 is 1.74 bits per heavy atom. The first kappa shape index (κ1) is 37.0. The van der Waals surface area contributed by atoms with Crippen molar-refractivity contribution in [3.05, 3.63) is 104 Å². The summed E-state index contributed by atoms with van der Waals surface area (Å²) in [6.07, 6.45) is 9.49. The largest absolute Gasteiger partial charge is 0.496 e. The van der Waals surface area contributed by atoms with Crippen molar-refractivity contribution in [3.8, 4) is 28.7 Å². The van der Waals surface area contributed by atoms with E-state index in [1.165, 1.54) is 29.5 Å². The normalized spacial score (nSPS) is 20.5. The zero-order chi connectivity index (χ0) is 37.7. The van der Waals surface area contributed by atoms with E-state index in [1.807, 2.05) is 20.0 Å². The lowest BCUT2D eigenvalue weighted by Gasteiger charge is -2.43. The lowest BCUT2D eigenvalue weighted by atomic mass is 9.88. The van der Waals surface area contributed by atoms with Gasteiger partial charge in [0.05, 0.1) is 38.0 Å². The zero-order valence-corrected chi connectivity index (χ0v) is 32.7. The van der Waals surface area contributed by atoms with Crippen molar-refractivity contribution in [2.24, 2.45) is 12.5 Å². The molecule has 0 radical (unpaired) electrons. The number of aryl methyl sites for hydroxylation is 1. The summed E-state index contributed by atoms with van der Waals surface area (Å²) in [5.74, 6) is 1.61. The van der Waals surface area contributed by atoms with Gasteiger partial charge in [-0.15, -0.1) is 0 Å². The minimum atomic E-state index is -0.0115. The van der Waals surface area contributed by atoms with Crippen molar-refractivity contribution in [1.82, 2.24) is 19.3 Å². The van der Waals surface area contributed by atoms with Crippen LogP contribution in [-0.4, -0.2) is 78.9 Å². The number of ether oxygens (including phenoxy) is 3. The number of fused-ring (bicyclic) bond motifs is 1. The van der Waals surface area contributed by atoms with Crippen LogP contribution in [0.1, 0.15) is 72.0 Å². The molecule has 2 aliphatic carbocycles. The van der Waals surface area contributed by atoms with Gasteiger partial charge in [-0.3, -0.25) is 14.6 Å². The lowest BCUT2D eigenvalue weighted by Crippen LogP contribution is -2.54. The van der Waals surface area contributed by atoms with Gasteiger partial charge in [0.25, 0.3) is 5.56 Å². The second kappa shape index (κ2) is 14.5. The predicted octanol–water partition coefficient (Wildman–Crippen LogP) is 6.85. The maximum Gasteiger partial charge on any atom is 0.253 e. The number of allylic oxidation sites excluding steroid dienone is 1. The molecule has 0 amide bonds. The topological polar surface area (TPSA) is 83.2 Å². The average molecular weight is 718 g/mol. The molecule has 7 rings (SSSR count). The molecular formula is C44H55N5O4. The van der Waals surface area contributed by atoms with Gasteiger partial charge in [0.2, 0.25) is 0 Å². The van der Waals surface area contributed by atoms with Crippen molar-refractivity contribution in [3.63, 3.8) is 0 Å². The van der Waals surface area contributed by atoms with Gasteiger partial charge in [0.15, 0.2) is 0 Å². The Kier molecular flexibility index (Phi) is 10.1. The Labute approximate surface area is 315 Å². The second-order valence-corrected chi connectivity index (χ2v) is 15.9. The molecule has 9 heteroatoms. The Hall–Kier alpha value is -4.36. The summed E-state index contributed by atoms with van der Waals surface area (Å²) < 4.78 is 19.1. The third kappa shape index (κ3) is 6.93.